The molecule has 9 atom stereocenters. The van der Waals surface area contributed by atoms with Gasteiger partial charge in [0.05, 0.1) is 49.1 Å². The number of aliphatic hydroxyl groups is 3. The van der Waals surface area contributed by atoms with Gasteiger partial charge >= 0.3 is 12.1 Å². The van der Waals surface area contributed by atoms with Crippen molar-refractivity contribution in [2.45, 2.75) is 95.7 Å². The van der Waals surface area contributed by atoms with Crippen molar-refractivity contribution in [3.63, 3.8) is 0 Å². The van der Waals surface area contributed by atoms with E-state index in [1.807, 2.05) is 98.9 Å². The van der Waals surface area contributed by atoms with Gasteiger partial charge in [0.2, 0.25) is 0 Å². The van der Waals surface area contributed by atoms with Crippen LogP contribution in [0.4, 0.5) is 4.79 Å². The highest BCUT2D eigenvalue weighted by Crippen LogP contribution is 2.36. The fourth-order valence-corrected chi connectivity index (χ4v) is 4.95. The minimum Gasteiger partial charge on any atom is -0.461 e. The molecule has 54 heavy (non-hydrogen) atoms. The molecule has 1 fully saturated rings. The van der Waals surface area contributed by atoms with Crippen LogP contribution >= 0.6 is 0 Å². The van der Waals surface area contributed by atoms with Crippen LogP contribution in [0.3, 0.4) is 0 Å². The first-order chi connectivity index (χ1) is 25.9. The third-order valence-electron chi connectivity index (χ3n) is 8.64. The number of carbonyl (C=O) groups excluding carboxylic acids is 2. The van der Waals surface area contributed by atoms with Crippen molar-refractivity contribution in [1.82, 2.24) is 5.32 Å². The normalized spacial score (nSPS) is 23.0. The molecule has 0 radical (unpaired) electrons. The molecule has 0 aromatic rings. The first-order valence-corrected chi connectivity index (χ1v) is 18.3. The highest BCUT2D eigenvalue weighted by molar-refractivity contribution is 5.73. The Hall–Kier alpha value is -3.88. The lowest BCUT2D eigenvalue weighted by Gasteiger charge is -2.41. The summed E-state index contributed by atoms with van der Waals surface area (Å²) in [6, 6.07) is -0.644. The number of carbonyl (C=O) groups is 2. The summed E-state index contributed by atoms with van der Waals surface area (Å²) in [7, 11) is 1.56. The number of alkyl carbamates (subject to hydrolysis) is 1. The number of hydrogen-bond acceptors (Lipinski definition) is 11. The Balaban J connectivity index is 2.84. The van der Waals surface area contributed by atoms with Crippen molar-refractivity contribution in [2.75, 3.05) is 33.7 Å². The maximum atomic E-state index is 12.9. The van der Waals surface area contributed by atoms with Gasteiger partial charge < -0.3 is 49.1 Å². The number of aliphatic hydroxyl groups excluding tert-OH is 3. The Morgan fingerprint density at radius 3 is 2.02 bits per heavy atom. The first kappa shape index (κ1) is 48.1. The number of esters is 1. The Labute approximate surface area is 321 Å². The molecular formula is C42H63NO11. The molecule has 0 saturated carbocycles. The van der Waals surface area contributed by atoms with E-state index in [2.05, 4.69) is 18.5 Å². The molecule has 12 heteroatoms. The third kappa shape index (κ3) is 21.1. The van der Waals surface area contributed by atoms with Crippen LogP contribution in [-0.4, -0.2) is 103 Å². The van der Waals surface area contributed by atoms with Crippen LogP contribution in [0, 0.1) is 11.8 Å². The maximum absolute atomic E-state index is 12.9. The molecule has 1 heterocycles. The average Bonchev–Trinajstić information content (AvgIpc) is 3.15. The molecule has 4 N–H and O–H groups in total. The van der Waals surface area contributed by atoms with Crippen LogP contribution in [0.15, 0.2) is 110 Å². The van der Waals surface area contributed by atoms with Gasteiger partial charge in [-0.1, -0.05) is 117 Å². The van der Waals surface area contributed by atoms with Crippen LogP contribution in [-0.2, 0) is 33.2 Å². The van der Waals surface area contributed by atoms with Crippen molar-refractivity contribution >= 4 is 12.1 Å². The van der Waals surface area contributed by atoms with Gasteiger partial charge in [-0.05, 0) is 33.6 Å². The monoisotopic (exact) mass is 757 g/mol. The van der Waals surface area contributed by atoms with Gasteiger partial charge in [0.15, 0.2) is 5.79 Å². The van der Waals surface area contributed by atoms with Gasteiger partial charge in [-0.3, -0.25) is 4.79 Å². The van der Waals surface area contributed by atoms with Gasteiger partial charge in [0.1, 0.15) is 20.0 Å². The lowest BCUT2D eigenvalue weighted by molar-refractivity contribution is -0.275. The van der Waals surface area contributed by atoms with Crippen LogP contribution in [0.25, 0.3) is 0 Å². The second-order valence-electron chi connectivity index (χ2n) is 13.0. The topological polar surface area (TPSA) is 162 Å². The smallest absolute Gasteiger partial charge is 0.407 e. The summed E-state index contributed by atoms with van der Waals surface area (Å²) in [6.45, 7) is 13.9. The van der Waals surface area contributed by atoms with Crippen LogP contribution in [0.2, 0.25) is 0 Å². The number of allylic oxidation sites excluding steroid dienone is 12. The molecule has 0 aromatic carbocycles. The molecule has 1 amide bonds. The number of methoxy groups -OCH3 is 1. The average molecular weight is 758 g/mol. The highest BCUT2D eigenvalue weighted by Gasteiger charge is 2.43. The maximum Gasteiger partial charge on any atom is 0.407 e. The molecule has 0 aromatic heterocycles. The number of hydrogen-bond donors (Lipinski definition) is 4. The molecule has 5 unspecified atom stereocenters. The van der Waals surface area contributed by atoms with Crippen molar-refractivity contribution < 1.29 is 53.3 Å². The van der Waals surface area contributed by atoms with E-state index in [-0.39, 0.29) is 44.9 Å². The Morgan fingerprint density at radius 2 is 1.44 bits per heavy atom. The summed E-state index contributed by atoms with van der Waals surface area (Å²) in [6.07, 6.45) is 26.9. The summed E-state index contributed by atoms with van der Waals surface area (Å²) < 4.78 is 33.8. The number of amides is 1. The molecule has 12 nitrogen and oxygen atoms in total. The van der Waals surface area contributed by atoms with Crippen molar-refractivity contribution in [3.8, 4) is 0 Å². The van der Waals surface area contributed by atoms with Gasteiger partial charge in [0.25, 0.3) is 0 Å². The number of ether oxygens (including phenoxy) is 6. The van der Waals surface area contributed by atoms with Gasteiger partial charge in [-0.2, -0.15) is 0 Å². The lowest BCUT2D eigenvalue weighted by atomic mass is 9.87. The molecule has 0 spiro atoms. The van der Waals surface area contributed by atoms with E-state index in [9.17, 15) is 24.9 Å². The third-order valence-corrected chi connectivity index (χ3v) is 8.64. The van der Waals surface area contributed by atoms with E-state index in [0.29, 0.717) is 19.3 Å². The summed E-state index contributed by atoms with van der Waals surface area (Å²) in [4.78, 5) is 24.7. The molecule has 1 aliphatic heterocycles. The number of rotatable bonds is 26. The Kier molecular flexibility index (Phi) is 25.4. The summed E-state index contributed by atoms with van der Waals surface area (Å²) in [5.41, 5.74) is 0. The fraction of sp³-hybridized carbons (Fsp3) is 0.524. The number of nitrogens with one attached hydrogen (secondary N) is 1. The quantitative estimate of drug-likeness (QED) is 0.0272. The summed E-state index contributed by atoms with van der Waals surface area (Å²) in [5, 5.41) is 32.5. The van der Waals surface area contributed by atoms with Crippen molar-refractivity contribution in [3.05, 3.63) is 110 Å². The second-order valence-corrected chi connectivity index (χ2v) is 13.0. The SMILES string of the molecule is C=CCOC(=O)N[C@H](C)C(O)COCOC(/C=C/C=C/C=C/C=C/C=C/C=C/C=C/CC(O)[C@@H](C)[C@H](C)O)C[C@@H]1OC(C)(OC)CCC1C(=O)OCC=C. The second kappa shape index (κ2) is 28.5. The van der Waals surface area contributed by atoms with E-state index in [1.165, 1.54) is 12.2 Å². The van der Waals surface area contributed by atoms with E-state index in [0.717, 1.165) is 0 Å². The Bertz CT molecular complexity index is 1300. The first-order valence-electron chi connectivity index (χ1n) is 18.3. The predicted octanol–water partition coefficient (Wildman–Crippen LogP) is 5.95. The standard InChI is InChI=1S/C42H63NO11/c1-8-27-51-40(47)36-25-26-42(6,49-7)54-39(36)29-35(53-31-50-30-38(46)33(4)43-41(48)52-28-9-2)23-21-19-17-15-13-11-10-12-14-16-18-20-22-24-37(45)32(3)34(5)44/h8-23,32-39,44-46H,1-2,24-31H2,3-7H3,(H,43,48)/b11-10+,14-12+,15-13+,18-16+,19-17+,22-20+,23-21+/t32-,33+,34-,35?,36?,37?,38?,39-,42?/m0/s1. The van der Waals surface area contributed by atoms with Gasteiger partial charge in [-0.25, -0.2) is 4.79 Å². The minimum absolute atomic E-state index is 0.0497. The van der Waals surface area contributed by atoms with E-state index < -0.39 is 54.4 Å². The zero-order chi connectivity index (χ0) is 40.2. The van der Waals surface area contributed by atoms with E-state index >= 15 is 0 Å². The van der Waals surface area contributed by atoms with Crippen LogP contribution in [0.1, 0.15) is 53.4 Å². The van der Waals surface area contributed by atoms with Crippen molar-refractivity contribution in [2.24, 2.45) is 11.8 Å². The van der Waals surface area contributed by atoms with Gasteiger partial charge in [-0.15, -0.1) is 0 Å². The molecule has 302 valence electrons. The van der Waals surface area contributed by atoms with Crippen LogP contribution < -0.4 is 5.32 Å². The summed E-state index contributed by atoms with van der Waals surface area (Å²) in [5.74, 6) is -1.99. The van der Waals surface area contributed by atoms with E-state index in [1.54, 1.807) is 21.0 Å². The largest absolute Gasteiger partial charge is 0.461 e. The van der Waals surface area contributed by atoms with Crippen LogP contribution in [0.5, 0.6) is 0 Å². The lowest BCUT2D eigenvalue weighted by Crippen LogP contribution is -2.48. The molecule has 1 rings (SSSR count). The molecule has 0 aliphatic carbocycles. The zero-order valence-electron chi connectivity index (χ0n) is 32.5. The van der Waals surface area contributed by atoms with Crippen molar-refractivity contribution in [1.29, 1.82) is 0 Å². The highest BCUT2D eigenvalue weighted by atomic mass is 16.7. The van der Waals surface area contributed by atoms with Gasteiger partial charge in [0, 0.05) is 25.9 Å². The predicted molar refractivity (Wildman–Crippen MR) is 210 cm³/mol. The molecular weight excluding hydrogens is 694 g/mol. The minimum atomic E-state index is -1.03. The molecule has 0 bridgehead atoms. The fourth-order valence-electron chi connectivity index (χ4n) is 4.95. The molecule has 1 saturated heterocycles. The summed E-state index contributed by atoms with van der Waals surface area (Å²) >= 11 is 0. The molecule has 1 aliphatic rings. The zero-order valence-corrected chi connectivity index (χ0v) is 32.5. The Morgan fingerprint density at radius 1 is 0.870 bits per heavy atom. The van der Waals surface area contributed by atoms with E-state index in [4.69, 9.17) is 28.4 Å².